The standard InChI is InChI=1S/C14H11BrN2/c15-11-1-6-14-10(9-11)7-8-17(14)13-4-2-12(16)3-5-13/h1-9H,16H2. The Bertz CT molecular complexity index is 668. The van der Waals surface area contributed by atoms with Crippen molar-refractivity contribution in [3.8, 4) is 5.69 Å². The number of hydrogen-bond donors (Lipinski definition) is 1. The van der Waals surface area contributed by atoms with Crippen LogP contribution in [0.2, 0.25) is 0 Å². The van der Waals surface area contributed by atoms with Crippen LogP contribution in [0.15, 0.2) is 59.2 Å². The van der Waals surface area contributed by atoms with E-state index in [0.29, 0.717) is 0 Å². The van der Waals surface area contributed by atoms with E-state index in [1.165, 1.54) is 10.9 Å². The third-order valence-corrected chi connectivity index (χ3v) is 3.32. The first kappa shape index (κ1) is 10.4. The predicted molar refractivity (Wildman–Crippen MR) is 75.4 cm³/mol. The normalized spacial score (nSPS) is 10.9. The Hall–Kier alpha value is -1.74. The Labute approximate surface area is 108 Å². The molecule has 84 valence electrons. The Kier molecular flexibility index (Phi) is 2.41. The molecule has 1 aromatic heterocycles. The molecule has 0 fully saturated rings. The average Bonchev–Trinajstić information content (AvgIpc) is 2.73. The lowest BCUT2D eigenvalue weighted by Gasteiger charge is -2.05. The monoisotopic (exact) mass is 286 g/mol. The highest BCUT2D eigenvalue weighted by atomic mass is 79.9. The SMILES string of the molecule is Nc1ccc(-n2ccc3cc(Br)ccc32)cc1. The number of anilines is 1. The Morgan fingerprint density at radius 1 is 0.941 bits per heavy atom. The van der Waals surface area contributed by atoms with Crippen LogP contribution in [-0.4, -0.2) is 4.57 Å². The molecule has 0 aliphatic rings. The van der Waals surface area contributed by atoms with Gasteiger partial charge in [0.15, 0.2) is 0 Å². The van der Waals surface area contributed by atoms with Gasteiger partial charge in [0.2, 0.25) is 0 Å². The van der Waals surface area contributed by atoms with Gasteiger partial charge in [0.1, 0.15) is 0 Å². The molecule has 3 aromatic rings. The van der Waals surface area contributed by atoms with Gasteiger partial charge in [-0.2, -0.15) is 0 Å². The first-order valence-corrected chi connectivity index (χ1v) is 6.16. The Morgan fingerprint density at radius 3 is 2.47 bits per heavy atom. The molecule has 3 rings (SSSR count). The Balaban J connectivity index is 2.21. The third kappa shape index (κ3) is 1.83. The molecule has 17 heavy (non-hydrogen) atoms. The summed E-state index contributed by atoms with van der Waals surface area (Å²) in [6, 6.07) is 16.3. The van der Waals surface area contributed by atoms with Crippen molar-refractivity contribution in [3.63, 3.8) is 0 Å². The van der Waals surface area contributed by atoms with Gasteiger partial charge in [0, 0.05) is 27.4 Å². The minimum absolute atomic E-state index is 0.785. The fraction of sp³-hybridized carbons (Fsp3) is 0. The number of halogens is 1. The van der Waals surface area contributed by atoms with Crippen LogP contribution >= 0.6 is 15.9 Å². The summed E-state index contributed by atoms with van der Waals surface area (Å²) in [6.45, 7) is 0. The molecule has 0 unspecified atom stereocenters. The molecule has 2 aromatic carbocycles. The highest BCUT2D eigenvalue weighted by Crippen LogP contribution is 2.24. The number of rotatable bonds is 1. The lowest BCUT2D eigenvalue weighted by atomic mass is 10.2. The first-order valence-electron chi connectivity index (χ1n) is 5.36. The van der Waals surface area contributed by atoms with Crippen molar-refractivity contribution in [2.45, 2.75) is 0 Å². The van der Waals surface area contributed by atoms with Gasteiger partial charge in [-0.05, 0) is 48.5 Å². The van der Waals surface area contributed by atoms with E-state index in [-0.39, 0.29) is 0 Å². The molecule has 1 heterocycles. The molecule has 0 aliphatic heterocycles. The first-order chi connectivity index (χ1) is 8.24. The fourth-order valence-corrected chi connectivity index (χ4v) is 2.35. The second kappa shape index (κ2) is 3.93. The van der Waals surface area contributed by atoms with E-state index >= 15 is 0 Å². The summed E-state index contributed by atoms with van der Waals surface area (Å²) in [5, 5.41) is 1.22. The number of nitrogens with zero attached hydrogens (tertiary/aromatic N) is 1. The molecule has 2 nitrogen and oxygen atoms in total. The zero-order valence-corrected chi connectivity index (χ0v) is 10.7. The van der Waals surface area contributed by atoms with Gasteiger partial charge in [0.25, 0.3) is 0 Å². The van der Waals surface area contributed by atoms with Crippen molar-refractivity contribution in [3.05, 3.63) is 59.2 Å². The third-order valence-electron chi connectivity index (χ3n) is 2.82. The summed E-state index contributed by atoms with van der Waals surface area (Å²) in [4.78, 5) is 0. The molecule has 0 aliphatic carbocycles. The molecule has 3 heteroatoms. The van der Waals surface area contributed by atoms with Gasteiger partial charge in [0.05, 0.1) is 5.52 Å². The Morgan fingerprint density at radius 2 is 1.71 bits per heavy atom. The van der Waals surface area contributed by atoms with Crippen molar-refractivity contribution in [1.82, 2.24) is 4.57 Å². The number of hydrogen-bond acceptors (Lipinski definition) is 1. The molecular weight excluding hydrogens is 276 g/mol. The molecule has 0 saturated heterocycles. The van der Waals surface area contributed by atoms with E-state index in [1.807, 2.05) is 24.3 Å². The van der Waals surface area contributed by atoms with Crippen LogP contribution in [-0.2, 0) is 0 Å². The van der Waals surface area contributed by atoms with Gasteiger partial charge in [-0.1, -0.05) is 15.9 Å². The van der Waals surface area contributed by atoms with Crippen LogP contribution in [0.1, 0.15) is 0 Å². The van der Waals surface area contributed by atoms with Gasteiger partial charge >= 0.3 is 0 Å². The highest BCUT2D eigenvalue weighted by Gasteiger charge is 2.03. The maximum absolute atomic E-state index is 5.70. The van der Waals surface area contributed by atoms with Crippen molar-refractivity contribution < 1.29 is 0 Å². The summed E-state index contributed by atoms with van der Waals surface area (Å²) < 4.78 is 3.25. The van der Waals surface area contributed by atoms with Crippen molar-refractivity contribution in [2.75, 3.05) is 5.73 Å². The molecule has 0 atom stereocenters. The second-order valence-electron chi connectivity index (χ2n) is 3.98. The predicted octanol–water partition coefficient (Wildman–Crippen LogP) is 3.98. The van der Waals surface area contributed by atoms with E-state index in [9.17, 15) is 0 Å². The summed E-state index contributed by atoms with van der Waals surface area (Å²) in [5.41, 5.74) is 8.80. The number of nitrogens with two attached hydrogens (primary N) is 1. The largest absolute Gasteiger partial charge is 0.399 e. The van der Waals surface area contributed by atoms with E-state index in [4.69, 9.17) is 5.73 Å². The van der Waals surface area contributed by atoms with Gasteiger partial charge in [-0.3, -0.25) is 0 Å². The van der Waals surface area contributed by atoms with Crippen molar-refractivity contribution in [2.24, 2.45) is 0 Å². The summed E-state index contributed by atoms with van der Waals surface area (Å²) in [5.74, 6) is 0. The molecule has 0 amide bonds. The van der Waals surface area contributed by atoms with Crippen LogP contribution in [0.25, 0.3) is 16.6 Å². The maximum atomic E-state index is 5.70. The lowest BCUT2D eigenvalue weighted by Crippen LogP contribution is -1.92. The van der Waals surface area contributed by atoms with Crippen LogP contribution in [0.5, 0.6) is 0 Å². The number of benzene rings is 2. The maximum Gasteiger partial charge on any atom is 0.0529 e. The van der Waals surface area contributed by atoms with E-state index in [2.05, 4.69) is 51.0 Å². The molecule has 0 bridgehead atoms. The number of aromatic nitrogens is 1. The fourth-order valence-electron chi connectivity index (χ4n) is 1.97. The quantitative estimate of drug-likeness (QED) is 0.674. The second-order valence-corrected chi connectivity index (χ2v) is 4.90. The lowest BCUT2D eigenvalue weighted by molar-refractivity contribution is 1.13. The van der Waals surface area contributed by atoms with Gasteiger partial charge < -0.3 is 10.3 Å². The minimum Gasteiger partial charge on any atom is -0.399 e. The van der Waals surface area contributed by atoms with E-state index in [1.54, 1.807) is 0 Å². The number of fused-ring (bicyclic) bond motifs is 1. The van der Waals surface area contributed by atoms with E-state index < -0.39 is 0 Å². The summed E-state index contributed by atoms with van der Waals surface area (Å²) in [7, 11) is 0. The average molecular weight is 287 g/mol. The topological polar surface area (TPSA) is 30.9 Å². The minimum atomic E-state index is 0.785. The van der Waals surface area contributed by atoms with Crippen molar-refractivity contribution in [1.29, 1.82) is 0 Å². The van der Waals surface area contributed by atoms with Gasteiger partial charge in [-0.15, -0.1) is 0 Å². The van der Waals surface area contributed by atoms with Crippen LogP contribution in [0, 0.1) is 0 Å². The molecule has 2 N–H and O–H groups in total. The molecule has 0 radical (unpaired) electrons. The highest BCUT2D eigenvalue weighted by molar-refractivity contribution is 9.10. The summed E-state index contributed by atoms with van der Waals surface area (Å²) >= 11 is 3.48. The van der Waals surface area contributed by atoms with Crippen LogP contribution < -0.4 is 5.73 Å². The molecule has 0 saturated carbocycles. The van der Waals surface area contributed by atoms with E-state index in [0.717, 1.165) is 15.8 Å². The van der Waals surface area contributed by atoms with Crippen molar-refractivity contribution >= 4 is 32.5 Å². The van der Waals surface area contributed by atoms with Crippen LogP contribution in [0.4, 0.5) is 5.69 Å². The molecule has 0 spiro atoms. The zero-order valence-electron chi connectivity index (χ0n) is 9.10. The van der Waals surface area contributed by atoms with Crippen LogP contribution in [0.3, 0.4) is 0 Å². The molecular formula is C14H11BrN2. The summed E-state index contributed by atoms with van der Waals surface area (Å²) in [6.07, 6.45) is 2.07. The number of nitrogen functional groups attached to an aromatic ring is 1. The zero-order chi connectivity index (χ0) is 11.8. The smallest absolute Gasteiger partial charge is 0.0529 e. The van der Waals surface area contributed by atoms with Gasteiger partial charge in [-0.25, -0.2) is 0 Å².